The maximum absolute atomic E-state index is 13.7. The molecule has 0 radical (unpaired) electrons. The summed E-state index contributed by atoms with van der Waals surface area (Å²) in [7, 11) is -3.95. The molecule has 0 unspecified atom stereocenters. The molecular weight excluding hydrogens is 540 g/mol. The highest BCUT2D eigenvalue weighted by molar-refractivity contribution is 8.01. The minimum absolute atomic E-state index is 0.0433. The minimum atomic E-state index is -3.95. The number of nitrogens with one attached hydrogen (secondary N) is 2. The van der Waals surface area contributed by atoms with Crippen LogP contribution in [0.3, 0.4) is 0 Å². The first-order valence-electron chi connectivity index (χ1n) is 9.45. The molecule has 180 valence electrons. The predicted molar refractivity (Wildman–Crippen MR) is 130 cm³/mol. The molecule has 0 spiro atoms. The van der Waals surface area contributed by atoms with E-state index in [2.05, 4.69) is 25.8 Å². The molecule has 0 fully saturated rings. The number of nitro benzene ring substituents is 1. The number of nitrogens with zero attached hydrogens (tertiary/aromatic N) is 4. The molecule has 0 aliphatic carbocycles. The summed E-state index contributed by atoms with van der Waals surface area (Å²) in [4.78, 5) is 26.2. The Morgan fingerprint density at radius 2 is 1.83 bits per heavy atom. The Hall–Kier alpha value is -3.47. The van der Waals surface area contributed by atoms with Gasteiger partial charge in [-0.2, -0.15) is 0 Å². The quantitative estimate of drug-likeness (QED) is 0.174. The molecule has 16 heteroatoms. The fourth-order valence-electron chi connectivity index (χ4n) is 2.58. The molecular formula is C19H13FN6O5S4. The van der Waals surface area contributed by atoms with Gasteiger partial charge in [-0.15, -0.1) is 10.2 Å². The Morgan fingerprint density at radius 3 is 2.54 bits per heavy atom. The minimum Gasteiger partial charge on any atom is -0.328 e. The van der Waals surface area contributed by atoms with Gasteiger partial charge >= 0.3 is 0 Å². The summed E-state index contributed by atoms with van der Waals surface area (Å²) < 4.78 is 39.5. The zero-order valence-corrected chi connectivity index (χ0v) is 20.5. The molecule has 1 amide bonds. The van der Waals surface area contributed by atoms with Crippen LogP contribution in [0.4, 0.5) is 26.0 Å². The van der Waals surface area contributed by atoms with Crippen LogP contribution >= 0.6 is 34.4 Å². The molecule has 11 nitrogen and oxygen atoms in total. The zero-order chi connectivity index (χ0) is 25.0. The predicted octanol–water partition coefficient (Wildman–Crippen LogP) is 4.35. The van der Waals surface area contributed by atoms with Gasteiger partial charge in [0.25, 0.3) is 5.69 Å². The van der Waals surface area contributed by atoms with E-state index in [4.69, 9.17) is 0 Å². The number of rotatable bonds is 9. The number of halogens is 1. The third-order valence-corrected chi connectivity index (χ3v) is 9.32. The molecule has 2 aromatic heterocycles. The number of aromatic nitrogens is 3. The highest BCUT2D eigenvalue weighted by Gasteiger charge is 2.22. The molecule has 0 atom stereocenters. The van der Waals surface area contributed by atoms with Crippen molar-refractivity contribution in [3.05, 3.63) is 70.7 Å². The normalized spacial score (nSPS) is 11.2. The first-order valence-corrected chi connectivity index (χ1v) is 13.6. The van der Waals surface area contributed by atoms with E-state index in [1.165, 1.54) is 6.07 Å². The Kier molecular flexibility index (Phi) is 7.34. The van der Waals surface area contributed by atoms with E-state index in [0.29, 0.717) is 9.47 Å². The van der Waals surface area contributed by atoms with E-state index < -0.39 is 26.5 Å². The van der Waals surface area contributed by atoms with Crippen molar-refractivity contribution in [1.82, 2.24) is 15.2 Å². The number of sulfone groups is 1. The summed E-state index contributed by atoms with van der Waals surface area (Å²) in [6, 6.07) is 10.6. The van der Waals surface area contributed by atoms with Gasteiger partial charge in [0, 0.05) is 12.1 Å². The number of nitro groups is 1. The van der Waals surface area contributed by atoms with Gasteiger partial charge < -0.3 is 10.6 Å². The van der Waals surface area contributed by atoms with Crippen LogP contribution in [-0.4, -0.2) is 40.2 Å². The van der Waals surface area contributed by atoms with Gasteiger partial charge in [-0.05, 0) is 24.3 Å². The van der Waals surface area contributed by atoms with Crippen LogP contribution in [0, 0.1) is 15.9 Å². The number of benzene rings is 2. The lowest BCUT2D eigenvalue weighted by Crippen LogP contribution is -2.13. The van der Waals surface area contributed by atoms with Gasteiger partial charge in [0.1, 0.15) is 10.0 Å². The maximum Gasteiger partial charge on any atom is 0.269 e. The zero-order valence-electron chi connectivity index (χ0n) is 17.2. The van der Waals surface area contributed by atoms with Crippen molar-refractivity contribution in [2.75, 3.05) is 16.4 Å². The largest absolute Gasteiger partial charge is 0.328 e. The topological polar surface area (TPSA) is 157 Å². The average Bonchev–Trinajstić information content (AvgIpc) is 3.49. The first-order chi connectivity index (χ1) is 16.7. The number of carbonyl (C=O) groups excluding carboxylic acids is 1. The summed E-state index contributed by atoms with van der Waals surface area (Å²) in [5.74, 6) is -0.921. The van der Waals surface area contributed by atoms with Gasteiger partial charge in [-0.3, -0.25) is 14.9 Å². The van der Waals surface area contributed by atoms with Gasteiger partial charge in [0.15, 0.2) is 9.47 Å². The summed E-state index contributed by atoms with van der Waals surface area (Å²) in [6.45, 7) is 0. The Balaban J connectivity index is 1.33. The number of thioether (sulfide) groups is 1. The molecule has 35 heavy (non-hydrogen) atoms. The van der Waals surface area contributed by atoms with E-state index in [-0.39, 0.29) is 31.4 Å². The number of anilines is 3. The van der Waals surface area contributed by atoms with Gasteiger partial charge in [0.2, 0.25) is 20.9 Å². The van der Waals surface area contributed by atoms with Crippen LogP contribution in [0.25, 0.3) is 0 Å². The molecule has 0 aliphatic rings. The lowest BCUT2D eigenvalue weighted by atomic mass is 10.3. The third-order valence-electron chi connectivity index (χ3n) is 4.20. The van der Waals surface area contributed by atoms with Crippen molar-refractivity contribution < 1.29 is 22.5 Å². The Bertz CT molecular complexity index is 1490. The monoisotopic (exact) mass is 552 g/mol. The van der Waals surface area contributed by atoms with Crippen molar-refractivity contribution >= 4 is 71.8 Å². The highest BCUT2D eigenvalue weighted by atomic mass is 32.2. The Labute approximate surface area is 209 Å². The van der Waals surface area contributed by atoms with Crippen LogP contribution in [0.15, 0.2) is 68.2 Å². The smallest absolute Gasteiger partial charge is 0.269 e. The summed E-state index contributed by atoms with van der Waals surface area (Å²) >= 11 is 3.00. The lowest BCUT2D eigenvalue weighted by Gasteiger charge is -2.02. The van der Waals surface area contributed by atoms with Gasteiger partial charge in [0.05, 0.1) is 27.5 Å². The molecule has 4 aromatic rings. The second-order valence-corrected chi connectivity index (χ2v) is 12.0. The Morgan fingerprint density at radius 1 is 1.09 bits per heavy atom. The van der Waals surface area contributed by atoms with Gasteiger partial charge in [-0.1, -0.05) is 46.6 Å². The number of amides is 1. The van der Waals surface area contributed by atoms with E-state index >= 15 is 0 Å². The van der Waals surface area contributed by atoms with Crippen LogP contribution in [-0.2, 0) is 14.6 Å². The standard InChI is InChI=1S/C19H13FN6O5S4/c20-13-3-1-2-4-14(13)22-18-24-25-19(34-18)32-10-15(27)23-17-21-9-16(33-17)35(30,31)12-7-5-11(6-8-12)26(28)29/h1-9H,10H2,(H,22,24)(H,21,23,27). The number of para-hydroxylation sites is 1. The van der Waals surface area contributed by atoms with Crippen LogP contribution in [0.2, 0.25) is 0 Å². The number of non-ortho nitro benzene ring substituents is 1. The summed E-state index contributed by atoms with van der Waals surface area (Å²) in [5.41, 5.74) is 0.0189. The maximum atomic E-state index is 13.7. The summed E-state index contributed by atoms with van der Waals surface area (Å²) in [5, 5.41) is 24.4. The molecule has 0 saturated heterocycles. The molecule has 4 rings (SSSR count). The van der Waals surface area contributed by atoms with Crippen molar-refractivity contribution in [2.24, 2.45) is 0 Å². The molecule has 0 aliphatic heterocycles. The molecule has 2 N–H and O–H groups in total. The van der Waals surface area contributed by atoms with Crippen LogP contribution in [0.5, 0.6) is 0 Å². The number of thiazole rings is 1. The first kappa shape index (κ1) is 24.6. The number of hydrogen-bond acceptors (Lipinski definition) is 12. The highest BCUT2D eigenvalue weighted by Crippen LogP contribution is 2.31. The second kappa shape index (κ2) is 10.4. The van der Waals surface area contributed by atoms with Crippen molar-refractivity contribution in [2.45, 2.75) is 13.4 Å². The SMILES string of the molecule is O=C(CSc1nnc(Nc2ccccc2F)s1)Nc1ncc(S(=O)(=O)c2ccc([N+](=O)[O-])cc2)s1. The van der Waals surface area contributed by atoms with E-state index in [0.717, 1.165) is 64.9 Å². The molecule has 2 aromatic carbocycles. The van der Waals surface area contributed by atoms with E-state index in [9.17, 15) is 27.7 Å². The fraction of sp³-hybridized carbons (Fsp3) is 0.0526. The van der Waals surface area contributed by atoms with Crippen molar-refractivity contribution in [1.29, 1.82) is 0 Å². The lowest BCUT2D eigenvalue weighted by molar-refractivity contribution is -0.384. The summed E-state index contributed by atoms with van der Waals surface area (Å²) in [6.07, 6.45) is 1.11. The third kappa shape index (κ3) is 5.97. The van der Waals surface area contributed by atoms with E-state index in [1.807, 2.05) is 0 Å². The average molecular weight is 553 g/mol. The van der Waals surface area contributed by atoms with Gasteiger partial charge in [-0.25, -0.2) is 17.8 Å². The van der Waals surface area contributed by atoms with Crippen LogP contribution in [0.1, 0.15) is 0 Å². The van der Waals surface area contributed by atoms with Crippen molar-refractivity contribution in [3.8, 4) is 0 Å². The second-order valence-electron chi connectivity index (χ2n) is 6.55. The fourth-order valence-corrected chi connectivity index (χ4v) is 6.60. The number of carbonyl (C=O) groups is 1. The number of hydrogen-bond donors (Lipinski definition) is 2. The van der Waals surface area contributed by atoms with Crippen LogP contribution < -0.4 is 10.6 Å². The molecule has 2 heterocycles. The molecule has 0 saturated carbocycles. The van der Waals surface area contributed by atoms with Crippen molar-refractivity contribution in [3.63, 3.8) is 0 Å². The van der Waals surface area contributed by atoms with E-state index in [1.54, 1.807) is 18.2 Å². The molecule has 0 bridgehead atoms.